The minimum Gasteiger partial charge on any atom is -0.480 e. The lowest BCUT2D eigenvalue weighted by atomic mass is 10.2. The van der Waals surface area contributed by atoms with Crippen molar-refractivity contribution in [1.29, 1.82) is 0 Å². The number of rotatable bonds is 5. The highest BCUT2D eigenvalue weighted by Crippen LogP contribution is 2.29. The molecule has 110 valence electrons. The van der Waals surface area contributed by atoms with Gasteiger partial charge in [-0.2, -0.15) is 8.78 Å². The Morgan fingerprint density at radius 2 is 2.30 bits per heavy atom. The van der Waals surface area contributed by atoms with Crippen LogP contribution in [0.2, 0.25) is 0 Å². The van der Waals surface area contributed by atoms with Crippen molar-refractivity contribution in [3.8, 4) is 5.75 Å². The third-order valence-electron chi connectivity index (χ3n) is 3.25. The van der Waals surface area contributed by atoms with Crippen LogP contribution < -0.4 is 4.74 Å². The van der Waals surface area contributed by atoms with Crippen LogP contribution in [0.1, 0.15) is 18.4 Å². The molecule has 1 aliphatic heterocycles. The largest absolute Gasteiger partial charge is 0.480 e. The van der Waals surface area contributed by atoms with Crippen molar-refractivity contribution in [3.63, 3.8) is 0 Å². The van der Waals surface area contributed by atoms with E-state index in [-0.39, 0.29) is 5.75 Å². The second-order valence-electron chi connectivity index (χ2n) is 4.61. The zero-order chi connectivity index (χ0) is 14.7. The Kier molecular flexibility index (Phi) is 4.93. The summed E-state index contributed by atoms with van der Waals surface area (Å²) in [6.45, 7) is -1.67. The van der Waals surface area contributed by atoms with Gasteiger partial charge in [0.15, 0.2) is 0 Å². The SMILES string of the molecule is O=C(O)[C@H]1CCCN1Cc1ccc(OC(F)F)c(Br)c1. The van der Waals surface area contributed by atoms with Crippen LogP contribution in [0.5, 0.6) is 5.75 Å². The monoisotopic (exact) mass is 349 g/mol. The first-order valence-electron chi connectivity index (χ1n) is 6.17. The number of hydrogen-bond acceptors (Lipinski definition) is 3. The summed E-state index contributed by atoms with van der Waals surface area (Å²) in [6.07, 6.45) is 1.49. The summed E-state index contributed by atoms with van der Waals surface area (Å²) in [7, 11) is 0. The highest BCUT2D eigenvalue weighted by molar-refractivity contribution is 9.10. The molecule has 20 heavy (non-hydrogen) atoms. The van der Waals surface area contributed by atoms with Gasteiger partial charge < -0.3 is 9.84 Å². The van der Waals surface area contributed by atoms with Gasteiger partial charge in [-0.25, -0.2) is 0 Å². The van der Waals surface area contributed by atoms with Crippen molar-refractivity contribution in [2.45, 2.75) is 32.0 Å². The second-order valence-corrected chi connectivity index (χ2v) is 5.46. The van der Waals surface area contributed by atoms with E-state index in [9.17, 15) is 13.6 Å². The lowest BCUT2D eigenvalue weighted by Gasteiger charge is -2.21. The summed E-state index contributed by atoms with van der Waals surface area (Å²) in [5, 5.41) is 9.11. The molecule has 0 amide bonds. The lowest BCUT2D eigenvalue weighted by molar-refractivity contribution is -0.142. The van der Waals surface area contributed by atoms with Gasteiger partial charge in [-0.15, -0.1) is 0 Å². The van der Waals surface area contributed by atoms with Crippen molar-refractivity contribution in [1.82, 2.24) is 4.90 Å². The quantitative estimate of drug-likeness (QED) is 0.887. The maximum atomic E-state index is 12.2. The first-order chi connectivity index (χ1) is 9.47. The fourth-order valence-electron chi connectivity index (χ4n) is 2.36. The third kappa shape index (κ3) is 3.67. The zero-order valence-corrected chi connectivity index (χ0v) is 12.1. The predicted molar refractivity (Wildman–Crippen MR) is 71.8 cm³/mol. The van der Waals surface area contributed by atoms with Crippen LogP contribution in [-0.2, 0) is 11.3 Å². The minimum absolute atomic E-state index is 0.0694. The Morgan fingerprint density at radius 1 is 1.55 bits per heavy atom. The highest BCUT2D eigenvalue weighted by atomic mass is 79.9. The van der Waals surface area contributed by atoms with Crippen LogP contribution in [0, 0.1) is 0 Å². The Morgan fingerprint density at radius 3 is 2.90 bits per heavy atom. The summed E-state index contributed by atoms with van der Waals surface area (Å²) in [5.74, 6) is -0.751. The van der Waals surface area contributed by atoms with Gasteiger partial charge in [-0.05, 0) is 53.0 Å². The van der Waals surface area contributed by atoms with Crippen LogP contribution in [0.3, 0.4) is 0 Å². The molecule has 1 aromatic rings. The van der Waals surface area contributed by atoms with Crippen LogP contribution in [0.4, 0.5) is 8.78 Å². The number of alkyl halides is 2. The Hall–Kier alpha value is -1.21. The van der Waals surface area contributed by atoms with Crippen molar-refractivity contribution in [2.24, 2.45) is 0 Å². The lowest BCUT2D eigenvalue weighted by Crippen LogP contribution is -2.35. The molecule has 1 aliphatic rings. The fraction of sp³-hybridized carbons (Fsp3) is 0.462. The molecule has 0 aromatic heterocycles. The number of likely N-dealkylation sites (tertiary alicyclic amines) is 1. The number of hydrogen-bond donors (Lipinski definition) is 1. The van der Waals surface area contributed by atoms with Gasteiger partial charge in [0.25, 0.3) is 0 Å². The van der Waals surface area contributed by atoms with Gasteiger partial charge in [-0.3, -0.25) is 9.69 Å². The molecule has 0 aliphatic carbocycles. The van der Waals surface area contributed by atoms with E-state index in [0.717, 1.165) is 18.5 Å². The summed E-state index contributed by atoms with van der Waals surface area (Å²) in [6, 6.07) is 4.33. The third-order valence-corrected chi connectivity index (χ3v) is 3.87. The Labute approximate surface area is 123 Å². The number of carboxylic acids is 1. The molecule has 0 spiro atoms. The topological polar surface area (TPSA) is 49.8 Å². The average Bonchev–Trinajstić information content (AvgIpc) is 2.80. The summed E-state index contributed by atoms with van der Waals surface area (Å²) in [5.41, 5.74) is 0.853. The van der Waals surface area contributed by atoms with Crippen molar-refractivity contribution in [3.05, 3.63) is 28.2 Å². The molecule has 1 atom stereocenters. The molecule has 1 fully saturated rings. The Balaban J connectivity index is 2.06. The predicted octanol–water partition coefficient (Wildman–Crippen LogP) is 3.10. The van der Waals surface area contributed by atoms with E-state index in [0.29, 0.717) is 17.4 Å². The number of benzene rings is 1. The van der Waals surface area contributed by atoms with Gasteiger partial charge in [0.05, 0.1) is 4.47 Å². The molecule has 0 saturated carbocycles. The maximum absolute atomic E-state index is 12.2. The zero-order valence-electron chi connectivity index (χ0n) is 10.6. The summed E-state index contributed by atoms with van der Waals surface area (Å²) >= 11 is 3.18. The normalized spacial score (nSPS) is 19.5. The number of aliphatic carboxylic acids is 1. The standard InChI is InChI=1S/C13H14BrF2NO3/c14-9-6-8(3-4-11(9)20-13(15)16)7-17-5-1-2-10(17)12(18)19/h3-4,6,10,13H,1-2,5,7H2,(H,18,19)/t10-/m1/s1. The van der Waals surface area contributed by atoms with Crippen molar-refractivity contribution >= 4 is 21.9 Å². The Bertz CT molecular complexity index is 499. The molecule has 7 heteroatoms. The van der Waals surface area contributed by atoms with Crippen LogP contribution in [0.25, 0.3) is 0 Å². The molecular weight excluding hydrogens is 336 g/mol. The first-order valence-corrected chi connectivity index (χ1v) is 6.97. The molecule has 0 bridgehead atoms. The van der Waals surface area contributed by atoms with Crippen LogP contribution in [-0.4, -0.2) is 35.2 Å². The van der Waals surface area contributed by atoms with Crippen LogP contribution in [0.15, 0.2) is 22.7 Å². The molecule has 1 aromatic carbocycles. The van der Waals surface area contributed by atoms with E-state index in [1.807, 2.05) is 4.90 Å². The number of nitrogens with zero attached hydrogens (tertiary/aromatic N) is 1. The number of halogens is 3. The highest BCUT2D eigenvalue weighted by Gasteiger charge is 2.30. The van der Waals surface area contributed by atoms with E-state index < -0.39 is 18.6 Å². The minimum atomic E-state index is -2.87. The fourth-order valence-corrected chi connectivity index (χ4v) is 2.88. The molecule has 0 radical (unpaired) electrons. The maximum Gasteiger partial charge on any atom is 0.387 e. The van der Waals surface area contributed by atoms with Gasteiger partial charge >= 0.3 is 12.6 Å². The smallest absolute Gasteiger partial charge is 0.387 e. The van der Waals surface area contributed by atoms with Gasteiger partial charge in [-0.1, -0.05) is 6.07 Å². The van der Waals surface area contributed by atoms with E-state index in [1.165, 1.54) is 6.07 Å². The molecular formula is C13H14BrF2NO3. The summed E-state index contributed by atoms with van der Waals surface area (Å²) < 4.78 is 29.1. The number of ether oxygens (including phenoxy) is 1. The van der Waals surface area contributed by atoms with Crippen molar-refractivity contribution < 1.29 is 23.4 Å². The summed E-state index contributed by atoms with van der Waals surface area (Å²) in [4.78, 5) is 13.0. The number of carboxylic acid groups (broad SMARTS) is 1. The second kappa shape index (κ2) is 6.49. The average molecular weight is 350 g/mol. The first kappa shape index (κ1) is 15.2. The van der Waals surface area contributed by atoms with E-state index >= 15 is 0 Å². The molecule has 1 saturated heterocycles. The molecule has 4 nitrogen and oxygen atoms in total. The van der Waals surface area contributed by atoms with Gasteiger partial charge in [0, 0.05) is 6.54 Å². The molecule has 1 heterocycles. The van der Waals surface area contributed by atoms with Gasteiger partial charge in [0.1, 0.15) is 11.8 Å². The molecule has 0 unspecified atom stereocenters. The molecule has 1 N–H and O–H groups in total. The van der Waals surface area contributed by atoms with E-state index in [2.05, 4.69) is 20.7 Å². The van der Waals surface area contributed by atoms with Crippen molar-refractivity contribution in [2.75, 3.05) is 6.54 Å². The van der Waals surface area contributed by atoms with Gasteiger partial charge in [0.2, 0.25) is 0 Å². The van der Waals surface area contributed by atoms with E-state index in [4.69, 9.17) is 5.11 Å². The van der Waals surface area contributed by atoms with E-state index in [1.54, 1.807) is 12.1 Å². The molecule has 2 rings (SSSR count). The van der Waals surface area contributed by atoms with Crippen LogP contribution >= 0.6 is 15.9 Å². The number of carbonyl (C=O) groups is 1.